The van der Waals surface area contributed by atoms with Crippen molar-refractivity contribution < 1.29 is 13.2 Å². The third-order valence-electron chi connectivity index (χ3n) is 3.06. The van der Waals surface area contributed by atoms with E-state index in [0.29, 0.717) is 6.54 Å². The van der Waals surface area contributed by atoms with Gasteiger partial charge in [-0.05, 0) is 25.0 Å². The van der Waals surface area contributed by atoms with E-state index in [2.05, 4.69) is 5.10 Å². The van der Waals surface area contributed by atoms with Crippen LogP contribution in [0.3, 0.4) is 0 Å². The van der Waals surface area contributed by atoms with Crippen LogP contribution in [-0.4, -0.2) is 9.78 Å². The van der Waals surface area contributed by atoms with Crippen LogP contribution < -0.4 is 0 Å². The molecule has 1 N–H and O–H groups in total. The molecule has 0 atom stereocenters. The SMILES string of the molecule is Cc1ccccc1Cn1[nH]c(C(F)(F)F)c(C)c1=S. The first-order chi connectivity index (χ1) is 8.80. The highest BCUT2D eigenvalue weighted by Gasteiger charge is 2.35. The number of benzene rings is 1. The van der Waals surface area contributed by atoms with Crippen molar-refractivity contribution in [2.45, 2.75) is 26.6 Å². The summed E-state index contributed by atoms with van der Waals surface area (Å²) in [5.41, 5.74) is 1.25. The Kier molecular flexibility index (Phi) is 3.54. The highest BCUT2D eigenvalue weighted by Crippen LogP contribution is 2.31. The average Bonchev–Trinajstić information content (AvgIpc) is 2.60. The third kappa shape index (κ3) is 2.73. The molecule has 0 aliphatic carbocycles. The number of aromatic nitrogens is 2. The fourth-order valence-corrected chi connectivity index (χ4v) is 2.14. The Labute approximate surface area is 113 Å². The van der Waals surface area contributed by atoms with Gasteiger partial charge in [-0.1, -0.05) is 36.5 Å². The largest absolute Gasteiger partial charge is 0.433 e. The fraction of sp³-hybridized carbons (Fsp3) is 0.308. The van der Waals surface area contributed by atoms with Crippen LogP contribution in [0.4, 0.5) is 13.2 Å². The van der Waals surface area contributed by atoms with Gasteiger partial charge < -0.3 is 0 Å². The lowest BCUT2D eigenvalue weighted by molar-refractivity contribution is -0.141. The fourth-order valence-electron chi connectivity index (χ4n) is 1.92. The summed E-state index contributed by atoms with van der Waals surface area (Å²) in [5, 5.41) is 2.35. The second-order valence-electron chi connectivity index (χ2n) is 4.43. The first-order valence-electron chi connectivity index (χ1n) is 5.72. The van der Waals surface area contributed by atoms with Gasteiger partial charge in [-0.15, -0.1) is 0 Å². The predicted molar refractivity (Wildman–Crippen MR) is 69.6 cm³/mol. The van der Waals surface area contributed by atoms with Crippen molar-refractivity contribution in [2.24, 2.45) is 0 Å². The third-order valence-corrected chi connectivity index (χ3v) is 3.59. The minimum atomic E-state index is -4.41. The average molecular weight is 286 g/mol. The lowest BCUT2D eigenvalue weighted by atomic mass is 10.1. The van der Waals surface area contributed by atoms with E-state index in [1.54, 1.807) is 0 Å². The predicted octanol–water partition coefficient (Wildman–Crippen LogP) is 4.23. The summed E-state index contributed by atoms with van der Waals surface area (Å²) in [4.78, 5) is 0. The lowest BCUT2D eigenvalue weighted by Gasteiger charge is -2.07. The molecule has 6 heteroatoms. The Morgan fingerprint density at radius 3 is 2.37 bits per heavy atom. The van der Waals surface area contributed by atoms with Crippen LogP contribution in [0.2, 0.25) is 0 Å². The summed E-state index contributed by atoms with van der Waals surface area (Å²) < 4.78 is 39.9. The maximum Gasteiger partial charge on any atom is 0.433 e. The number of rotatable bonds is 2. The number of nitrogens with zero attached hydrogens (tertiary/aromatic N) is 1. The van der Waals surface area contributed by atoms with E-state index >= 15 is 0 Å². The molecule has 0 spiro atoms. The molecule has 1 aromatic carbocycles. The highest BCUT2D eigenvalue weighted by atomic mass is 32.1. The summed E-state index contributed by atoms with van der Waals surface area (Å²) in [5.74, 6) is 0. The number of hydrogen-bond acceptors (Lipinski definition) is 1. The van der Waals surface area contributed by atoms with Crippen LogP contribution in [0.25, 0.3) is 0 Å². The zero-order valence-corrected chi connectivity index (χ0v) is 11.3. The van der Waals surface area contributed by atoms with Crippen LogP contribution >= 0.6 is 12.2 Å². The number of halogens is 3. The molecule has 0 unspecified atom stereocenters. The van der Waals surface area contributed by atoms with Crippen molar-refractivity contribution in [3.63, 3.8) is 0 Å². The van der Waals surface area contributed by atoms with E-state index in [1.807, 2.05) is 31.2 Å². The van der Waals surface area contributed by atoms with Crippen molar-refractivity contribution in [3.8, 4) is 0 Å². The smallest absolute Gasteiger partial charge is 0.292 e. The van der Waals surface area contributed by atoms with Gasteiger partial charge in [0, 0.05) is 5.56 Å². The Morgan fingerprint density at radius 2 is 1.84 bits per heavy atom. The molecule has 2 nitrogen and oxygen atoms in total. The van der Waals surface area contributed by atoms with Crippen LogP contribution in [0, 0.1) is 18.5 Å². The highest BCUT2D eigenvalue weighted by molar-refractivity contribution is 7.71. The second kappa shape index (κ2) is 4.85. The minimum absolute atomic E-state index is 0.0658. The van der Waals surface area contributed by atoms with Gasteiger partial charge in [0.05, 0.1) is 6.54 Å². The molecule has 0 bridgehead atoms. The number of H-pyrrole nitrogens is 1. The maximum absolute atomic E-state index is 12.8. The van der Waals surface area contributed by atoms with Gasteiger partial charge in [0.15, 0.2) is 0 Å². The number of aryl methyl sites for hydroxylation is 1. The molecule has 0 amide bonds. The van der Waals surface area contributed by atoms with Crippen molar-refractivity contribution in [1.29, 1.82) is 0 Å². The van der Waals surface area contributed by atoms with Crippen LogP contribution in [-0.2, 0) is 12.7 Å². The van der Waals surface area contributed by atoms with E-state index in [4.69, 9.17) is 12.2 Å². The van der Waals surface area contributed by atoms with Gasteiger partial charge in [-0.3, -0.25) is 9.78 Å². The number of nitrogens with one attached hydrogen (secondary N) is 1. The number of hydrogen-bond donors (Lipinski definition) is 1. The van der Waals surface area contributed by atoms with Crippen molar-refractivity contribution in [3.05, 3.63) is 51.3 Å². The molecule has 19 heavy (non-hydrogen) atoms. The molecule has 0 saturated carbocycles. The summed E-state index contributed by atoms with van der Waals surface area (Å²) >= 11 is 5.06. The molecule has 0 saturated heterocycles. The summed E-state index contributed by atoms with van der Waals surface area (Å²) in [7, 11) is 0. The van der Waals surface area contributed by atoms with Gasteiger partial charge in [-0.2, -0.15) is 13.2 Å². The number of alkyl halides is 3. The van der Waals surface area contributed by atoms with Gasteiger partial charge in [0.2, 0.25) is 0 Å². The van der Waals surface area contributed by atoms with Gasteiger partial charge in [-0.25, -0.2) is 0 Å². The Hall–Kier alpha value is -1.56. The van der Waals surface area contributed by atoms with E-state index < -0.39 is 11.9 Å². The van der Waals surface area contributed by atoms with E-state index in [1.165, 1.54) is 11.6 Å². The van der Waals surface area contributed by atoms with E-state index in [0.717, 1.165) is 11.1 Å². The Balaban J connectivity index is 2.43. The molecule has 1 aromatic heterocycles. The summed E-state index contributed by atoms with van der Waals surface area (Å²) in [6.45, 7) is 3.61. The monoisotopic (exact) mass is 286 g/mol. The summed E-state index contributed by atoms with van der Waals surface area (Å²) in [6, 6.07) is 7.53. The summed E-state index contributed by atoms with van der Waals surface area (Å²) in [6.07, 6.45) is -4.41. The normalized spacial score (nSPS) is 11.8. The zero-order chi connectivity index (χ0) is 14.2. The first kappa shape index (κ1) is 13.9. The molecule has 0 fully saturated rings. The van der Waals surface area contributed by atoms with Crippen molar-refractivity contribution >= 4 is 12.2 Å². The quantitative estimate of drug-likeness (QED) is 0.819. The Bertz CT molecular complexity index is 653. The second-order valence-corrected chi connectivity index (χ2v) is 4.81. The van der Waals surface area contributed by atoms with Crippen molar-refractivity contribution in [2.75, 3.05) is 0 Å². The molecule has 2 rings (SSSR count). The van der Waals surface area contributed by atoms with Crippen LogP contribution in [0.1, 0.15) is 22.4 Å². The van der Waals surface area contributed by atoms with E-state index in [-0.39, 0.29) is 10.2 Å². The topological polar surface area (TPSA) is 20.7 Å². The first-order valence-corrected chi connectivity index (χ1v) is 6.12. The molecule has 2 aromatic rings. The molecule has 0 aliphatic heterocycles. The van der Waals surface area contributed by atoms with Gasteiger partial charge in [0.1, 0.15) is 10.3 Å². The van der Waals surface area contributed by atoms with Crippen LogP contribution in [0.15, 0.2) is 24.3 Å². The van der Waals surface area contributed by atoms with Crippen LogP contribution in [0.5, 0.6) is 0 Å². The molecule has 1 heterocycles. The molecule has 0 aliphatic rings. The molecular formula is C13H13F3N2S. The van der Waals surface area contributed by atoms with Crippen molar-refractivity contribution in [1.82, 2.24) is 9.78 Å². The Morgan fingerprint density at radius 1 is 1.21 bits per heavy atom. The lowest BCUT2D eigenvalue weighted by Crippen LogP contribution is -2.09. The van der Waals surface area contributed by atoms with Gasteiger partial charge >= 0.3 is 6.18 Å². The number of aromatic amines is 1. The molecule has 102 valence electrons. The molecular weight excluding hydrogens is 273 g/mol. The van der Waals surface area contributed by atoms with Gasteiger partial charge in [0.25, 0.3) is 0 Å². The zero-order valence-electron chi connectivity index (χ0n) is 10.5. The maximum atomic E-state index is 12.8. The molecule has 0 radical (unpaired) electrons. The van der Waals surface area contributed by atoms with E-state index in [9.17, 15) is 13.2 Å². The standard InChI is InChI=1S/C13H13F3N2S/c1-8-5-3-4-6-10(8)7-18-12(19)9(2)11(17-18)13(14,15)16/h3-6,17H,7H2,1-2H3. The minimum Gasteiger partial charge on any atom is -0.292 e.